The van der Waals surface area contributed by atoms with Crippen LogP contribution in [0.5, 0.6) is 0 Å². The Morgan fingerprint density at radius 2 is 1.75 bits per heavy atom. The van der Waals surface area contributed by atoms with Crippen LogP contribution in [-0.4, -0.2) is 23.6 Å². The highest BCUT2D eigenvalue weighted by Gasteiger charge is 2.38. The van der Waals surface area contributed by atoms with E-state index >= 15 is 0 Å². The number of benzene rings is 2. The van der Waals surface area contributed by atoms with Crippen LogP contribution in [0.3, 0.4) is 0 Å². The predicted octanol–water partition coefficient (Wildman–Crippen LogP) is 1.45. The van der Waals surface area contributed by atoms with Crippen LogP contribution in [0.4, 0.5) is 8.78 Å². The van der Waals surface area contributed by atoms with Gasteiger partial charge in [-0.2, -0.15) is 0 Å². The average molecular weight is 387 g/mol. The fourth-order valence-electron chi connectivity index (χ4n) is 3.31. The second-order valence-electron chi connectivity index (χ2n) is 6.69. The third-order valence-corrected chi connectivity index (χ3v) is 4.58. The van der Waals surface area contributed by atoms with Crippen molar-refractivity contribution in [2.24, 2.45) is 5.73 Å². The monoisotopic (exact) mass is 387 g/mol. The number of Topliss-reactive ketones (excluding diaryl/α,β-unsaturated/α-hetero) is 1. The van der Waals surface area contributed by atoms with Crippen LogP contribution in [0.15, 0.2) is 42.5 Å². The van der Waals surface area contributed by atoms with Gasteiger partial charge in [0, 0.05) is 6.07 Å². The van der Waals surface area contributed by atoms with E-state index in [1.54, 1.807) is 24.3 Å². The summed E-state index contributed by atoms with van der Waals surface area (Å²) >= 11 is 0. The van der Waals surface area contributed by atoms with Crippen LogP contribution in [0.25, 0.3) is 0 Å². The molecule has 6 nitrogen and oxygen atoms in total. The number of fused-ring (bicyclic) bond motifs is 1. The van der Waals surface area contributed by atoms with Gasteiger partial charge in [0.15, 0.2) is 5.78 Å². The van der Waals surface area contributed by atoms with E-state index in [0.717, 1.165) is 12.1 Å². The van der Waals surface area contributed by atoms with E-state index in [4.69, 9.17) is 5.73 Å². The molecule has 0 aliphatic carbocycles. The van der Waals surface area contributed by atoms with E-state index in [1.165, 1.54) is 6.92 Å². The zero-order chi connectivity index (χ0) is 20.4. The molecule has 0 fully saturated rings. The minimum Gasteiger partial charge on any atom is -0.346 e. The quantitative estimate of drug-likeness (QED) is 0.676. The molecule has 0 radical (unpaired) electrons. The Hall–Kier alpha value is -3.13. The zero-order valence-electron chi connectivity index (χ0n) is 15.0. The van der Waals surface area contributed by atoms with E-state index in [0.29, 0.717) is 17.2 Å². The molecule has 1 aliphatic heterocycles. The molecule has 0 saturated carbocycles. The number of hydrogen-bond donors (Lipinski definition) is 3. The van der Waals surface area contributed by atoms with Crippen LogP contribution in [-0.2, 0) is 20.8 Å². The minimum absolute atomic E-state index is 0.140. The molecule has 3 rings (SSSR count). The Kier molecular flexibility index (Phi) is 5.51. The number of nitrogens with one attached hydrogen (secondary N) is 2. The van der Waals surface area contributed by atoms with Crippen molar-refractivity contribution in [1.29, 1.82) is 0 Å². The molecule has 3 atom stereocenters. The van der Waals surface area contributed by atoms with Gasteiger partial charge in [0.25, 0.3) is 0 Å². The van der Waals surface area contributed by atoms with Crippen LogP contribution < -0.4 is 16.4 Å². The maximum absolute atomic E-state index is 13.2. The number of carbonyl (C=O) groups is 3. The van der Waals surface area contributed by atoms with Crippen molar-refractivity contribution in [2.75, 3.05) is 0 Å². The summed E-state index contributed by atoms with van der Waals surface area (Å²) in [7, 11) is 0. The Morgan fingerprint density at radius 1 is 1.14 bits per heavy atom. The molecule has 2 aromatic carbocycles. The summed E-state index contributed by atoms with van der Waals surface area (Å²) in [6.07, 6.45) is -1.01. The number of hydrogen-bond acceptors (Lipinski definition) is 4. The lowest BCUT2D eigenvalue weighted by Gasteiger charge is -2.30. The van der Waals surface area contributed by atoms with Crippen LogP contribution in [0, 0.1) is 11.6 Å². The summed E-state index contributed by atoms with van der Waals surface area (Å²) in [6.45, 7) is 1.46. The summed E-state index contributed by atoms with van der Waals surface area (Å²) in [6, 6.07) is 8.64. The topological polar surface area (TPSA) is 101 Å². The molecule has 146 valence electrons. The molecule has 1 heterocycles. The van der Waals surface area contributed by atoms with Crippen LogP contribution in [0.1, 0.15) is 35.7 Å². The second-order valence-corrected chi connectivity index (χ2v) is 6.69. The normalized spacial score (nSPS) is 19.4. The first-order valence-electron chi connectivity index (χ1n) is 8.69. The van der Waals surface area contributed by atoms with Crippen molar-refractivity contribution in [2.45, 2.75) is 31.5 Å². The molecule has 2 amide bonds. The Balaban J connectivity index is 1.73. The van der Waals surface area contributed by atoms with Gasteiger partial charge in [0.2, 0.25) is 11.8 Å². The van der Waals surface area contributed by atoms with E-state index in [2.05, 4.69) is 10.6 Å². The molecule has 2 unspecified atom stereocenters. The largest absolute Gasteiger partial charge is 0.346 e. The lowest BCUT2D eigenvalue weighted by Crippen LogP contribution is -2.50. The number of nitrogens with two attached hydrogens (primary N) is 1. The van der Waals surface area contributed by atoms with Crippen LogP contribution >= 0.6 is 0 Å². The standard InChI is InChI=1S/C20H19F2N3O3/c1-10(24-16(26)8-11-6-12(21)9-13(22)7-11)18(27)17-14-4-2-3-5-15(14)19(23)25-20(17)28/h2-7,9-10,17,19H,8,23H2,1H3,(H,24,26)(H,25,28)/t10-,17?,19?/m0/s1. The fourth-order valence-corrected chi connectivity index (χ4v) is 3.31. The van der Waals surface area contributed by atoms with Gasteiger partial charge in [-0.15, -0.1) is 0 Å². The van der Waals surface area contributed by atoms with Gasteiger partial charge in [0.05, 0.1) is 12.5 Å². The van der Waals surface area contributed by atoms with E-state index in [1.807, 2.05) is 0 Å². The number of amides is 2. The van der Waals surface area contributed by atoms with Gasteiger partial charge < -0.3 is 16.4 Å². The van der Waals surface area contributed by atoms with Gasteiger partial charge in [0.1, 0.15) is 23.7 Å². The molecule has 28 heavy (non-hydrogen) atoms. The van der Waals surface area contributed by atoms with Gasteiger partial charge >= 0.3 is 0 Å². The molecule has 0 spiro atoms. The Labute approximate surface area is 160 Å². The maximum atomic E-state index is 13.2. The molecule has 4 N–H and O–H groups in total. The predicted molar refractivity (Wildman–Crippen MR) is 96.9 cm³/mol. The zero-order valence-corrected chi connectivity index (χ0v) is 15.0. The highest BCUT2D eigenvalue weighted by atomic mass is 19.1. The summed E-state index contributed by atoms with van der Waals surface area (Å²) in [5.74, 6) is -4.32. The van der Waals surface area contributed by atoms with E-state index in [-0.39, 0.29) is 12.0 Å². The maximum Gasteiger partial charge on any atom is 0.236 e. The molecular formula is C20H19F2N3O3. The average Bonchev–Trinajstić information content (AvgIpc) is 2.60. The highest BCUT2D eigenvalue weighted by molar-refractivity contribution is 6.10. The molecule has 2 aromatic rings. The third-order valence-electron chi connectivity index (χ3n) is 4.58. The summed E-state index contributed by atoms with van der Waals surface area (Å²) in [5.41, 5.74) is 7.16. The molecule has 1 aliphatic rings. The number of ketones is 1. The highest BCUT2D eigenvalue weighted by Crippen LogP contribution is 2.30. The van der Waals surface area contributed by atoms with Gasteiger partial charge in [-0.3, -0.25) is 14.4 Å². The molecule has 0 aromatic heterocycles. The summed E-state index contributed by atoms with van der Waals surface area (Å²) in [5, 5.41) is 5.03. The lowest BCUT2D eigenvalue weighted by molar-refractivity contribution is -0.134. The Morgan fingerprint density at radius 3 is 2.39 bits per heavy atom. The first-order chi connectivity index (χ1) is 13.3. The van der Waals surface area contributed by atoms with Gasteiger partial charge in [-0.25, -0.2) is 8.78 Å². The smallest absolute Gasteiger partial charge is 0.236 e. The second kappa shape index (κ2) is 7.85. The SMILES string of the molecule is C[C@H](NC(=O)Cc1cc(F)cc(F)c1)C(=O)C1C(=O)NC(N)c2ccccc21. The van der Waals surface area contributed by atoms with Gasteiger partial charge in [-0.05, 0) is 35.7 Å². The van der Waals surface area contributed by atoms with Crippen molar-refractivity contribution < 1.29 is 23.2 Å². The summed E-state index contributed by atoms with van der Waals surface area (Å²) < 4.78 is 26.5. The van der Waals surface area contributed by atoms with Crippen molar-refractivity contribution in [3.05, 3.63) is 70.8 Å². The van der Waals surface area contributed by atoms with E-state index < -0.39 is 47.4 Å². The first-order valence-corrected chi connectivity index (χ1v) is 8.69. The number of carbonyl (C=O) groups excluding carboxylic acids is 3. The third kappa shape index (κ3) is 4.07. The Bertz CT molecular complexity index is 928. The number of halogens is 2. The molecular weight excluding hydrogens is 368 g/mol. The molecule has 0 saturated heterocycles. The molecule has 0 bridgehead atoms. The van der Waals surface area contributed by atoms with Crippen molar-refractivity contribution in [1.82, 2.24) is 10.6 Å². The summed E-state index contributed by atoms with van der Waals surface area (Å²) in [4.78, 5) is 37.4. The lowest BCUT2D eigenvalue weighted by atomic mass is 9.83. The van der Waals surface area contributed by atoms with Crippen molar-refractivity contribution in [3.8, 4) is 0 Å². The van der Waals surface area contributed by atoms with Gasteiger partial charge in [-0.1, -0.05) is 24.3 Å². The minimum atomic E-state index is -1.10. The van der Waals surface area contributed by atoms with Crippen molar-refractivity contribution >= 4 is 17.6 Å². The number of rotatable bonds is 5. The van der Waals surface area contributed by atoms with Crippen molar-refractivity contribution in [3.63, 3.8) is 0 Å². The first kappa shape index (κ1) is 19.6. The van der Waals surface area contributed by atoms with E-state index in [9.17, 15) is 23.2 Å². The fraction of sp³-hybridized carbons (Fsp3) is 0.250. The molecule has 8 heteroatoms. The van der Waals surface area contributed by atoms with Crippen LogP contribution in [0.2, 0.25) is 0 Å².